The molecule has 8 heteroatoms. The van der Waals surface area contributed by atoms with Crippen LogP contribution in [0.1, 0.15) is 28.9 Å². The summed E-state index contributed by atoms with van der Waals surface area (Å²) in [6.07, 6.45) is 1.47. The lowest BCUT2D eigenvalue weighted by Gasteiger charge is -2.15. The molecule has 1 atom stereocenters. The van der Waals surface area contributed by atoms with E-state index in [0.717, 1.165) is 22.2 Å². The third kappa shape index (κ3) is 3.78. The maximum absolute atomic E-state index is 13.2. The van der Waals surface area contributed by atoms with Gasteiger partial charge in [0.1, 0.15) is 23.6 Å². The van der Waals surface area contributed by atoms with Crippen LogP contribution in [-0.2, 0) is 0 Å². The molecule has 4 rings (SSSR count). The number of hydroxylamine groups is 1. The summed E-state index contributed by atoms with van der Waals surface area (Å²) in [7, 11) is 0. The van der Waals surface area contributed by atoms with Gasteiger partial charge in [-0.05, 0) is 48.4 Å². The van der Waals surface area contributed by atoms with Crippen LogP contribution in [0, 0.1) is 5.82 Å². The fourth-order valence-corrected chi connectivity index (χ4v) is 3.12. The predicted octanol–water partition coefficient (Wildman–Crippen LogP) is 4.06. The minimum Gasteiger partial charge on any atom is -0.363 e. The van der Waals surface area contributed by atoms with Crippen LogP contribution >= 0.6 is 0 Å². The lowest BCUT2D eigenvalue weighted by molar-refractivity contribution is 0.0706. The van der Waals surface area contributed by atoms with Crippen LogP contribution in [0.3, 0.4) is 0 Å². The van der Waals surface area contributed by atoms with E-state index in [2.05, 4.69) is 20.3 Å². The number of nitrogens with one attached hydrogen (secondary N) is 3. The largest absolute Gasteiger partial charge is 0.363 e. The first-order chi connectivity index (χ1) is 14.0. The Morgan fingerprint density at radius 3 is 2.52 bits per heavy atom. The Bertz CT molecular complexity index is 1160. The molecule has 2 heterocycles. The highest BCUT2D eigenvalue weighted by atomic mass is 19.1. The van der Waals surface area contributed by atoms with Gasteiger partial charge in [0.2, 0.25) is 0 Å². The molecule has 0 aliphatic carbocycles. The second-order valence-corrected chi connectivity index (χ2v) is 6.60. The second-order valence-electron chi connectivity index (χ2n) is 6.60. The molecule has 0 bridgehead atoms. The number of H-pyrrole nitrogens is 1. The molecule has 2 aromatic carbocycles. The highest BCUT2D eigenvalue weighted by molar-refractivity contribution is 5.94. The monoisotopic (exact) mass is 391 g/mol. The molecule has 7 nitrogen and oxygen atoms in total. The van der Waals surface area contributed by atoms with Crippen molar-refractivity contribution in [1.82, 2.24) is 20.4 Å². The summed E-state index contributed by atoms with van der Waals surface area (Å²) in [6.45, 7) is 1.97. The number of aromatic amines is 1. The van der Waals surface area contributed by atoms with Gasteiger partial charge in [-0.25, -0.2) is 19.8 Å². The van der Waals surface area contributed by atoms with Crippen molar-refractivity contribution in [3.05, 3.63) is 77.9 Å². The van der Waals surface area contributed by atoms with E-state index in [1.165, 1.54) is 18.5 Å². The van der Waals surface area contributed by atoms with Crippen LogP contribution < -0.4 is 10.8 Å². The molecule has 1 amide bonds. The minimum absolute atomic E-state index is 0.0803. The molecule has 0 fully saturated rings. The molecule has 4 aromatic rings. The summed E-state index contributed by atoms with van der Waals surface area (Å²) < 4.78 is 13.2. The van der Waals surface area contributed by atoms with Crippen molar-refractivity contribution in [3.63, 3.8) is 0 Å². The zero-order valence-electron chi connectivity index (χ0n) is 15.5. The van der Waals surface area contributed by atoms with E-state index in [-0.39, 0.29) is 11.9 Å². The van der Waals surface area contributed by atoms with Crippen molar-refractivity contribution in [2.24, 2.45) is 0 Å². The standard InChI is InChI=1S/C21H18FN5O2/c1-12(13-6-8-16(22)9-7-13)25-19-17-10-18(26-20(17)24-11-23-19)14-2-4-15(5-3-14)21(28)27-29/h2-12,29H,1H3,(H,27,28)(H2,23,24,25,26). The highest BCUT2D eigenvalue weighted by Gasteiger charge is 2.13. The van der Waals surface area contributed by atoms with Gasteiger partial charge in [-0.2, -0.15) is 0 Å². The Kier molecular flexibility index (Phi) is 4.92. The molecule has 0 aliphatic heterocycles. The van der Waals surface area contributed by atoms with Crippen LogP contribution in [0.5, 0.6) is 0 Å². The average Bonchev–Trinajstić information content (AvgIpc) is 3.19. The maximum Gasteiger partial charge on any atom is 0.274 e. The van der Waals surface area contributed by atoms with Gasteiger partial charge < -0.3 is 10.3 Å². The van der Waals surface area contributed by atoms with Gasteiger partial charge in [0.25, 0.3) is 5.91 Å². The molecule has 1 unspecified atom stereocenters. The van der Waals surface area contributed by atoms with Gasteiger partial charge in [0, 0.05) is 17.3 Å². The Hall–Kier alpha value is -3.78. The summed E-state index contributed by atoms with van der Waals surface area (Å²) in [5, 5.41) is 12.9. The summed E-state index contributed by atoms with van der Waals surface area (Å²) >= 11 is 0. The van der Waals surface area contributed by atoms with E-state index in [4.69, 9.17) is 5.21 Å². The van der Waals surface area contributed by atoms with Gasteiger partial charge in [-0.3, -0.25) is 10.0 Å². The van der Waals surface area contributed by atoms with Gasteiger partial charge in [-0.15, -0.1) is 0 Å². The zero-order valence-corrected chi connectivity index (χ0v) is 15.5. The Morgan fingerprint density at radius 1 is 1.10 bits per heavy atom. The number of hydrogen-bond donors (Lipinski definition) is 4. The number of carbonyl (C=O) groups is 1. The van der Waals surface area contributed by atoms with Gasteiger partial charge in [-0.1, -0.05) is 24.3 Å². The second kappa shape index (κ2) is 7.69. The lowest BCUT2D eigenvalue weighted by atomic mass is 10.1. The van der Waals surface area contributed by atoms with Crippen LogP contribution in [0.15, 0.2) is 60.9 Å². The van der Waals surface area contributed by atoms with Gasteiger partial charge in [0.15, 0.2) is 0 Å². The maximum atomic E-state index is 13.2. The molecule has 29 heavy (non-hydrogen) atoms. The lowest BCUT2D eigenvalue weighted by Crippen LogP contribution is -2.18. The molecule has 146 valence electrons. The number of aromatic nitrogens is 3. The normalized spacial score (nSPS) is 12.0. The van der Waals surface area contributed by atoms with Crippen molar-refractivity contribution in [2.45, 2.75) is 13.0 Å². The van der Waals surface area contributed by atoms with Crippen LogP contribution in [0.25, 0.3) is 22.3 Å². The van der Waals surface area contributed by atoms with E-state index in [0.29, 0.717) is 17.0 Å². The van der Waals surface area contributed by atoms with Crippen molar-refractivity contribution < 1.29 is 14.4 Å². The van der Waals surface area contributed by atoms with E-state index in [9.17, 15) is 9.18 Å². The molecule has 0 aliphatic rings. The Morgan fingerprint density at radius 2 is 1.83 bits per heavy atom. The number of halogens is 1. The molecule has 2 aromatic heterocycles. The molecule has 0 spiro atoms. The molecule has 0 saturated carbocycles. The molecular weight excluding hydrogens is 373 g/mol. The van der Waals surface area contributed by atoms with Gasteiger partial charge in [0.05, 0.1) is 5.39 Å². The smallest absolute Gasteiger partial charge is 0.274 e. The third-order valence-electron chi connectivity index (χ3n) is 4.71. The van der Waals surface area contributed by atoms with Crippen LogP contribution in [-0.4, -0.2) is 26.1 Å². The van der Waals surface area contributed by atoms with Crippen molar-refractivity contribution in [3.8, 4) is 11.3 Å². The highest BCUT2D eigenvalue weighted by Crippen LogP contribution is 2.29. The number of fused-ring (bicyclic) bond motifs is 1. The zero-order chi connectivity index (χ0) is 20.4. The van der Waals surface area contributed by atoms with E-state index in [1.54, 1.807) is 41.9 Å². The van der Waals surface area contributed by atoms with Crippen LogP contribution in [0.4, 0.5) is 10.2 Å². The first-order valence-corrected chi connectivity index (χ1v) is 8.96. The van der Waals surface area contributed by atoms with Crippen LogP contribution in [0.2, 0.25) is 0 Å². The number of anilines is 1. The van der Waals surface area contributed by atoms with Crippen molar-refractivity contribution in [1.29, 1.82) is 0 Å². The minimum atomic E-state index is -0.569. The fraction of sp³-hybridized carbons (Fsp3) is 0.0952. The Balaban J connectivity index is 1.63. The number of carbonyl (C=O) groups excluding carboxylic acids is 1. The van der Waals surface area contributed by atoms with Gasteiger partial charge >= 0.3 is 0 Å². The number of amides is 1. The summed E-state index contributed by atoms with van der Waals surface area (Å²) in [5.74, 6) is -0.186. The summed E-state index contributed by atoms with van der Waals surface area (Å²) in [6, 6.07) is 15.0. The topological polar surface area (TPSA) is 103 Å². The first-order valence-electron chi connectivity index (χ1n) is 8.96. The molecule has 0 radical (unpaired) electrons. The summed E-state index contributed by atoms with van der Waals surface area (Å²) in [5.41, 5.74) is 5.23. The number of nitrogens with zero attached hydrogens (tertiary/aromatic N) is 2. The third-order valence-corrected chi connectivity index (χ3v) is 4.71. The molecule has 0 saturated heterocycles. The summed E-state index contributed by atoms with van der Waals surface area (Å²) in [4.78, 5) is 23.3. The number of rotatable bonds is 5. The van der Waals surface area contributed by atoms with E-state index >= 15 is 0 Å². The van der Waals surface area contributed by atoms with Crippen molar-refractivity contribution >= 4 is 22.8 Å². The van der Waals surface area contributed by atoms with E-state index in [1.807, 2.05) is 13.0 Å². The molecular formula is C21H18FN5O2. The number of hydrogen-bond acceptors (Lipinski definition) is 5. The molecule has 4 N–H and O–H groups in total. The first kappa shape index (κ1) is 18.6. The van der Waals surface area contributed by atoms with Crippen molar-refractivity contribution in [2.75, 3.05) is 5.32 Å². The quantitative estimate of drug-likeness (QED) is 0.304. The fourth-order valence-electron chi connectivity index (χ4n) is 3.12. The predicted molar refractivity (Wildman–Crippen MR) is 107 cm³/mol. The SMILES string of the molecule is CC(Nc1ncnc2[nH]c(-c3ccc(C(=O)NO)cc3)cc12)c1ccc(F)cc1. The van der Waals surface area contributed by atoms with E-state index < -0.39 is 5.91 Å². The number of benzene rings is 2. The average molecular weight is 391 g/mol. The Labute approximate surface area is 165 Å².